The van der Waals surface area contributed by atoms with Crippen molar-refractivity contribution in [3.05, 3.63) is 70.3 Å². The van der Waals surface area contributed by atoms with Gasteiger partial charge in [0.05, 0.1) is 16.5 Å². The Morgan fingerprint density at radius 2 is 1.44 bits per heavy atom. The van der Waals surface area contributed by atoms with E-state index in [9.17, 15) is 39.9 Å². The second-order valence-electron chi connectivity index (χ2n) is 9.17. The quantitative estimate of drug-likeness (QED) is 0.462. The zero-order chi connectivity index (χ0) is 26.3. The third kappa shape index (κ3) is 5.99. The lowest BCUT2D eigenvalue weighted by Gasteiger charge is -2.42. The van der Waals surface area contributed by atoms with E-state index in [2.05, 4.69) is 5.32 Å². The Kier molecular flexibility index (Phi) is 8.50. The van der Waals surface area contributed by atoms with E-state index in [0.717, 1.165) is 6.07 Å². The molecule has 200 valence electrons. The summed E-state index contributed by atoms with van der Waals surface area (Å²) in [6, 6.07) is 3.53. The second kappa shape index (κ2) is 10.4. The van der Waals surface area contributed by atoms with Crippen molar-refractivity contribution in [2.75, 3.05) is 20.1 Å². The number of amides is 1. The molecule has 2 aromatic rings. The van der Waals surface area contributed by atoms with Gasteiger partial charge in [-0.2, -0.15) is 26.3 Å². The van der Waals surface area contributed by atoms with Gasteiger partial charge < -0.3 is 10.2 Å². The molecule has 0 aromatic heterocycles. The van der Waals surface area contributed by atoms with Gasteiger partial charge in [0.1, 0.15) is 11.6 Å². The number of alkyl halides is 6. The number of likely N-dealkylation sites (N-methyl/N-ethyl adjacent to an activating group) is 1. The molecule has 36 heavy (non-hydrogen) atoms. The Labute approximate surface area is 204 Å². The smallest absolute Gasteiger partial charge is 0.341 e. The number of halogens is 8. The van der Waals surface area contributed by atoms with Crippen LogP contribution in [0.5, 0.6) is 0 Å². The monoisotopic (exact) mass is 524 g/mol. The minimum absolute atomic E-state index is 0. The Morgan fingerprint density at radius 1 is 0.917 bits per heavy atom. The number of carbonyl (C=O) groups excluding carboxylic acids is 1. The maximum absolute atomic E-state index is 14.5. The van der Waals surface area contributed by atoms with Crippen LogP contribution in [0.15, 0.2) is 36.4 Å². The molecule has 1 aliphatic rings. The van der Waals surface area contributed by atoms with Crippen LogP contribution < -0.4 is 5.32 Å². The highest BCUT2D eigenvalue weighted by Crippen LogP contribution is 2.40. The predicted octanol–water partition coefficient (Wildman–Crippen LogP) is 6.52. The molecule has 11 heteroatoms. The van der Waals surface area contributed by atoms with Crippen molar-refractivity contribution < 1.29 is 39.9 Å². The molecule has 0 aliphatic carbocycles. The Morgan fingerprint density at radius 3 is 1.94 bits per heavy atom. The summed E-state index contributed by atoms with van der Waals surface area (Å²) in [4.78, 5) is 14.7. The lowest BCUT2D eigenvalue weighted by Crippen LogP contribution is -2.53. The van der Waals surface area contributed by atoms with Crippen LogP contribution in [0.4, 0.5) is 35.1 Å². The van der Waals surface area contributed by atoms with Crippen LogP contribution in [0, 0.1) is 11.6 Å². The predicted molar refractivity (Wildman–Crippen MR) is 119 cm³/mol. The zero-order valence-corrected chi connectivity index (χ0v) is 19.1. The van der Waals surface area contributed by atoms with E-state index in [0.29, 0.717) is 31.2 Å². The van der Waals surface area contributed by atoms with Gasteiger partial charge in [-0.25, -0.2) is 8.78 Å². The molecule has 2 aromatic carbocycles. The zero-order valence-electron chi connectivity index (χ0n) is 19.1. The highest BCUT2D eigenvalue weighted by atomic mass is 19.4. The van der Waals surface area contributed by atoms with E-state index in [-0.39, 0.29) is 25.6 Å². The minimum atomic E-state index is -5.05. The summed E-state index contributed by atoms with van der Waals surface area (Å²) in [5.41, 5.74) is -5.10. The average Bonchev–Trinajstić information content (AvgIpc) is 2.76. The van der Waals surface area contributed by atoms with Gasteiger partial charge in [0.25, 0.3) is 0 Å². The van der Waals surface area contributed by atoms with Crippen LogP contribution in [-0.4, -0.2) is 37.0 Å². The van der Waals surface area contributed by atoms with Crippen LogP contribution >= 0.6 is 0 Å². The third-order valence-electron chi connectivity index (χ3n) is 6.47. The standard InChI is InChI=1S/C24H24F8N2O.CH4/c1-22(2,13-8-14(23(27,28)29)10-15(9-13)24(30,31)32)21(35)34(3)20-6-7-33-12-18(20)17-5-4-16(25)11-19(17)26;/h4-5,8-11,18,20,33H,6-7,12H2,1-3H3;1H4/t18-,20+;/m1./s1. The van der Waals surface area contributed by atoms with E-state index < -0.39 is 64.0 Å². The van der Waals surface area contributed by atoms with E-state index in [1.807, 2.05) is 0 Å². The molecule has 1 heterocycles. The minimum Gasteiger partial charge on any atom is -0.341 e. The van der Waals surface area contributed by atoms with Crippen molar-refractivity contribution in [2.24, 2.45) is 0 Å². The maximum Gasteiger partial charge on any atom is 0.416 e. The van der Waals surface area contributed by atoms with E-state index in [1.165, 1.54) is 31.9 Å². The Hall–Kier alpha value is -2.69. The van der Waals surface area contributed by atoms with Gasteiger partial charge in [0.15, 0.2) is 0 Å². The molecule has 1 N–H and O–H groups in total. The summed E-state index contributed by atoms with van der Waals surface area (Å²) in [5, 5.41) is 3.07. The normalized spacial score (nSPS) is 19.0. The van der Waals surface area contributed by atoms with Crippen LogP contribution in [0.3, 0.4) is 0 Å². The molecule has 1 aliphatic heterocycles. The lowest BCUT2D eigenvalue weighted by atomic mass is 9.79. The number of nitrogens with one attached hydrogen (secondary N) is 1. The molecule has 0 radical (unpaired) electrons. The van der Waals surface area contributed by atoms with Crippen LogP contribution in [-0.2, 0) is 22.6 Å². The fraction of sp³-hybridized carbons (Fsp3) is 0.480. The van der Waals surface area contributed by atoms with Gasteiger partial charge in [-0.05, 0) is 62.2 Å². The highest BCUT2D eigenvalue weighted by Gasteiger charge is 2.43. The van der Waals surface area contributed by atoms with Crippen molar-refractivity contribution in [1.29, 1.82) is 0 Å². The van der Waals surface area contributed by atoms with Crippen molar-refractivity contribution in [2.45, 2.75) is 57.4 Å². The fourth-order valence-electron chi connectivity index (χ4n) is 4.46. The first-order valence-electron chi connectivity index (χ1n) is 10.8. The first kappa shape index (κ1) is 29.5. The molecular formula is C25H28F8N2O. The molecule has 1 saturated heterocycles. The Bertz CT molecular complexity index is 1060. The first-order chi connectivity index (χ1) is 16.0. The molecule has 0 saturated carbocycles. The topological polar surface area (TPSA) is 32.3 Å². The van der Waals surface area contributed by atoms with Crippen LogP contribution in [0.2, 0.25) is 0 Å². The van der Waals surface area contributed by atoms with Gasteiger partial charge in [-0.3, -0.25) is 4.79 Å². The summed E-state index contributed by atoms with van der Waals surface area (Å²) in [5.74, 6) is -2.93. The van der Waals surface area contributed by atoms with Gasteiger partial charge in [0.2, 0.25) is 5.91 Å². The maximum atomic E-state index is 14.5. The summed E-state index contributed by atoms with van der Waals surface area (Å²) in [7, 11) is 1.38. The van der Waals surface area contributed by atoms with Crippen LogP contribution in [0.25, 0.3) is 0 Å². The van der Waals surface area contributed by atoms with Gasteiger partial charge in [-0.1, -0.05) is 13.5 Å². The molecule has 0 spiro atoms. The second-order valence-corrected chi connectivity index (χ2v) is 9.17. The summed E-state index contributed by atoms with van der Waals surface area (Å²) in [6.45, 7) is 3.18. The highest BCUT2D eigenvalue weighted by molar-refractivity contribution is 5.87. The van der Waals surface area contributed by atoms with E-state index in [1.54, 1.807) is 0 Å². The van der Waals surface area contributed by atoms with Crippen molar-refractivity contribution >= 4 is 5.91 Å². The molecular weight excluding hydrogens is 496 g/mol. The molecule has 2 atom stereocenters. The van der Waals surface area contributed by atoms with Crippen molar-refractivity contribution in [3.8, 4) is 0 Å². The molecule has 1 amide bonds. The third-order valence-corrected chi connectivity index (χ3v) is 6.47. The Balaban J connectivity index is 0.00000456. The van der Waals surface area contributed by atoms with Crippen molar-refractivity contribution in [1.82, 2.24) is 10.2 Å². The molecule has 3 rings (SSSR count). The van der Waals surface area contributed by atoms with Gasteiger partial charge in [-0.15, -0.1) is 0 Å². The van der Waals surface area contributed by atoms with E-state index in [4.69, 9.17) is 0 Å². The first-order valence-corrected chi connectivity index (χ1v) is 10.8. The average molecular weight is 524 g/mol. The molecule has 1 fully saturated rings. The molecule has 0 bridgehead atoms. The fourth-order valence-corrected chi connectivity index (χ4v) is 4.46. The van der Waals surface area contributed by atoms with Gasteiger partial charge >= 0.3 is 12.4 Å². The largest absolute Gasteiger partial charge is 0.416 e. The van der Waals surface area contributed by atoms with Gasteiger partial charge in [0, 0.05) is 31.6 Å². The number of rotatable bonds is 4. The van der Waals surface area contributed by atoms with E-state index >= 15 is 0 Å². The summed E-state index contributed by atoms with van der Waals surface area (Å²) >= 11 is 0. The summed E-state index contributed by atoms with van der Waals surface area (Å²) < 4.78 is 108. The summed E-state index contributed by atoms with van der Waals surface area (Å²) in [6.07, 6.45) is -9.77. The number of piperidine rings is 1. The number of carbonyl (C=O) groups is 1. The lowest BCUT2D eigenvalue weighted by molar-refractivity contribution is -0.144. The number of hydrogen-bond acceptors (Lipinski definition) is 2. The SMILES string of the molecule is C.CN(C(=O)C(C)(C)c1cc(C(F)(F)F)cc(C(F)(F)F)c1)[C@H]1CCNC[C@@H]1c1ccc(F)cc1F. The molecule has 0 unspecified atom stereocenters. The number of nitrogens with zero attached hydrogens (tertiary/aromatic N) is 1. The number of hydrogen-bond donors (Lipinski definition) is 1. The van der Waals surface area contributed by atoms with Crippen molar-refractivity contribution in [3.63, 3.8) is 0 Å². The molecule has 3 nitrogen and oxygen atoms in total. The number of benzene rings is 2. The van der Waals surface area contributed by atoms with Crippen LogP contribution in [0.1, 0.15) is 55.9 Å².